The first-order valence-electron chi connectivity index (χ1n) is 10.4. The molecule has 8 nitrogen and oxygen atoms in total. The molecule has 0 radical (unpaired) electrons. The molecule has 0 saturated carbocycles. The van der Waals surface area contributed by atoms with E-state index in [1.54, 1.807) is 11.2 Å². The van der Waals surface area contributed by atoms with Crippen molar-refractivity contribution in [2.75, 3.05) is 19.6 Å². The number of hydrogen-bond acceptors (Lipinski definition) is 5. The lowest BCUT2D eigenvalue weighted by Crippen LogP contribution is -2.62. The van der Waals surface area contributed by atoms with Gasteiger partial charge in [0.2, 0.25) is 5.91 Å². The van der Waals surface area contributed by atoms with E-state index in [0.29, 0.717) is 44.8 Å². The van der Waals surface area contributed by atoms with Crippen LogP contribution < -0.4 is 10.6 Å². The zero-order valence-corrected chi connectivity index (χ0v) is 17.2. The topological polar surface area (TPSA) is 103 Å². The highest BCUT2D eigenvalue weighted by Gasteiger charge is 2.46. The minimum atomic E-state index is -0.616. The van der Waals surface area contributed by atoms with Gasteiger partial charge in [-0.15, -0.1) is 0 Å². The van der Waals surface area contributed by atoms with Gasteiger partial charge in [0.25, 0.3) is 5.91 Å². The van der Waals surface area contributed by atoms with Gasteiger partial charge < -0.3 is 15.2 Å². The van der Waals surface area contributed by atoms with Gasteiger partial charge in [0.05, 0.1) is 23.6 Å². The summed E-state index contributed by atoms with van der Waals surface area (Å²) in [5.41, 5.74) is 1.21. The first kappa shape index (κ1) is 20.5. The Bertz CT molecular complexity index is 935. The van der Waals surface area contributed by atoms with Crippen LogP contribution in [0.4, 0.5) is 4.39 Å². The fraction of sp³-hybridized carbons (Fsp3) is 0.524. The van der Waals surface area contributed by atoms with Crippen molar-refractivity contribution in [1.82, 2.24) is 30.5 Å². The van der Waals surface area contributed by atoms with E-state index >= 15 is 0 Å². The molecule has 2 amide bonds. The lowest BCUT2D eigenvalue weighted by atomic mass is 9.78. The molecule has 2 aromatic heterocycles. The Hall–Kier alpha value is -2.81. The van der Waals surface area contributed by atoms with E-state index in [-0.39, 0.29) is 17.6 Å². The molecule has 0 aliphatic carbocycles. The Labute approximate surface area is 174 Å². The van der Waals surface area contributed by atoms with Gasteiger partial charge in [0.1, 0.15) is 0 Å². The van der Waals surface area contributed by atoms with E-state index < -0.39 is 17.3 Å². The number of rotatable bonds is 4. The van der Waals surface area contributed by atoms with E-state index in [1.165, 1.54) is 18.3 Å². The molecule has 1 spiro atoms. The summed E-state index contributed by atoms with van der Waals surface area (Å²) in [5, 5.41) is 6.52. The van der Waals surface area contributed by atoms with Crippen LogP contribution in [0, 0.1) is 11.7 Å². The number of carbonyl (C=O) groups excluding carboxylic acids is 2. The summed E-state index contributed by atoms with van der Waals surface area (Å²) in [4.78, 5) is 38.7. The predicted octanol–water partition coefficient (Wildman–Crippen LogP) is 1.36. The Balaban J connectivity index is 1.50. The van der Waals surface area contributed by atoms with Gasteiger partial charge in [-0.1, -0.05) is 13.8 Å². The highest BCUT2D eigenvalue weighted by Crippen LogP contribution is 2.37. The third-order valence-corrected chi connectivity index (χ3v) is 5.90. The molecule has 2 aliphatic heterocycles. The third-order valence-electron chi connectivity index (χ3n) is 5.90. The fourth-order valence-electron chi connectivity index (χ4n) is 4.30. The molecule has 0 unspecified atom stereocenters. The number of amides is 2. The zero-order chi connectivity index (χ0) is 21.3. The molecule has 3 N–H and O–H groups in total. The van der Waals surface area contributed by atoms with Gasteiger partial charge in [-0.25, -0.2) is 14.4 Å². The summed E-state index contributed by atoms with van der Waals surface area (Å²) in [6.07, 6.45) is 4.78. The number of hydrogen-bond donors (Lipinski definition) is 3. The third kappa shape index (κ3) is 3.81. The molecule has 1 fully saturated rings. The van der Waals surface area contributed by atoms with Crippen LogP contribution in [-0.2, 0) is 16.8 Å². The van der Waals surface area contributed by atoms with Crippen LogP contribution in [0.5, 0.6) is 0 Å². The molecule has 4 rings (SSSR count). The van der Waals surface area contributed by atoms with Gasteiger partial charge in [0.15, 0.2) is 11.5 Å². The summed E-state index contributed by atoms with van der Waals surface area (Å²) >= 11 is 0. The number of fused-ring (bicyclic) bond motifs is 2. The number of imidazole rings is 1. The van der Waals surface area contributed by atoms with Crippen molar-refractivity contribution in [3.8, 4) is 0 Å². The van der Waals surface area contributed by atoms with Crippen molar-refractivity contribution < 1.29 is 14.0 Å². The zero-order valence-electron chi connectivity index (χ0n) is 17.2. The summed E-state index contributed by atoms with van der Waals surface area (Å²) in [5.74, 6) is -0.685. The Kier molecular flexibility index (Phi) is 5.55. The first-order chi connectivity index (χ1) is 14.4. The van der Waals surface area contributed by atoms with Crippen molar-refractivity contribution in [2.24, 2.45) is 5.92 Å². The number of aromatic nitrogens is 3. The molecule has 9 heteroatoms. The van der Waals surface area contributed by atoms with Crippen molar-refractivity contribution in [3.63, 3.8) is 0 Å². The number of halogens is 1. The second-order valence-electron chi connectivity index (χ2n) is 8.48. The average molecular weight is 414 g/mol. The van der Waals surface area contributed by atoms with Gasteiger partial charge in [-0.3, -0.25) is 14.9 Å². The molecule has 160 valence electrons. The normalized spacial score (nSPS) is 20.3. The van der Waals surface area contributed by atoms with Crippen molar-refractivity contribution >= 4 is 11.8 Å². The monoisotopic (exact) mass is 414 g/mol. The van der Waals surface area contributed by atoms with E-state index in [0.717, 1.165) is 11.4 Å². The van der Waals surface area contributed by atoms with Crippen LogP contribution >= 0.6 is 0 Å². The number of nitrogens with zero attached hydrogens (tertiary/aromatic N) is 3. The maximum atomic E-state index is 14.0. The van der Waals surface area contributed by atoms with E-state index in [9.17, 15) is 14.0 Å². The lowest BCUT2D eigenvalue weighted by Gasteiger charge is -2.46. The number of pyridine rings is 1. The average Bonchev–Trinajstić information content (AvgIpc) is 3.22. The van der Waals surface area contributed by atoms with E-state index in [1.807, 2.05) is 0 Å². The standard InChI is InChI=1S/C21H27FN6O2/c1-13(2)11-24-19(29)16-10-15-18(26-12-25-15)21(27-16)5-8-28(9-6-21)20(30)17-14(22)4-3-7-23-17/h3-4,7,12-13,16,27H,5-6,8-11H2,1-2H3,(H,24,29)(H,25,26)/t16-/m0/s1. The summed E-state index contributed by atoms with van der Waals surface area (Å²) in [6, 6.07) is 2.34. The summed E-state index contributed by atoms with van der Waals surface area (Å²) in [7, 11) is 0. The van der Waals surface area contributed by atoms with Gasteiger partial charge >= 0.3 is 0 Å². The number of aromatic amines is 1. The van der Waals surface area contributed by atoms with Gasteiger partial charge in [-0.2, -0.15) is 0 Å². The maximum Gasteiger partial charge on any atom is 0.275 e. The molecule has 1 atom stereocenters. The van der Waals surface area contributed by atoms with Crippen LogP contribution in [0.1, 0.15) is 48.6 Å². The molecule has 0 aromatic carbocycles. The first-order valence-corrected chi connectivity index (χ1v) is 10.4. The maximum absolute atomic E-state index is 14.0. The Morgan fingerprint density at radius 1 is 1.33 bits per heavy atom. The van der Waals surface area contributed by atoms with Crippen LogP contribution in [0.2, 0.25) is 0 Å². The number of piperidine rings is 1. The molecule has 1 saturated heterocycles. The SMILES string of the molecule is CC(C)CNC(=O)[C@@H]1Cc2[nH]cnc2C2(CCN(C(=O)c3ncccc3F)CC2)N1. The number of nitrogens with one attached hydrogen (secondary N) is 3. The molecule has 2 aromatic rings. The fourth-order valence-corrected chi connectivity index (χ4v) is 4.30. The van der Waals surface area contributed by atoms with E-state index in [2.05, 4.69) is 39.4 Å². The molecule has 4 heterocycles. The number of H-pyrrole nitrogens is 1. The van der Waals surface area contributed by atoms with Crippen LogP contribution in [0.15, 0.2) is 24.7 Å². The molecule has 0 bridgehead atoms. The van der Waals surface area contributed by atoms with Crippen LogP contribution in [-0.4, -0.2) is 57.3 Å². The number of carbonyl (C=O) groups is 2. The highest BCUT2D eigenvalue weighted by atomic mass is 19.1. The largest absolute Gasteiger partial charge is 0.354 e. The summed E-state index contributed by atoms with van der Waals surface area (Å²) < 4.78 is 14.0. The molecule has 2 aliphatic rings. The van der Waals surface area contributed by atoms with Crippen LogP contribution in [0.25, 0.3) is 0 Å². The smallest absolute Gasteiger partial charge is 0.275 e. The Morgan fingerprint density at radius 3 is 2.80 bits per heavy atom. The highest BCUT2D eigenvalue weighted by molar-refractivity contribution is 5.92. The molecular formula is C21H27FN6O2. The second-order valence-corrected chi connectivity index (χ2v) is 8.48. The minimum absolute atomic E-state index is 0.0302. The number of likely N-dealkylation sites (tertiary alicyclic amines) is 1. The van der Waals surface area contributed by atoms with E-state index in [4.69, 9.17) is 0 Å². The quantitative estimate of drug-likeness (QED) is 0.701. The summed E-state index contributed by atoms with van der Waals surface area (Å²) in [6.45, 7) is 5.58. The Morgan fingerprint density at radius 2 is 2.10 bits per heavy atom. The van der Waals surface area contributed by atoms with Crippen LogP contribution in [0.3, 0.4) is 0 Å². The van der Waals surface area contributed by atoms with Gasteiger partial charge in [-0.05, 0) is 30.9 Å². The second kappa shape index (κ2) is 8.14. The lowest BCUT2D eigenvalue weighted by molar-refractivity contribution is -0.124. The minimum Gasteiger partial charge on any atom is -0.354 e. The molecule has 30 heavy (non-hydrogen) atoms. The van der Waals surface area contributed by atoms with Crippen molar-refractivity contribution in [3.05, 3.63) is 47.6 Å². The van der Waals surface area contributed by atoms with Crippen molar-refractivity contribution in [2.45, 2.75) is 44.7 Å². The van der Waals surface area contributed by atoms with Crippen molar-refractivity contribution in [1.29, 1.82) is 0 Å². The predicted molar refractivity (Wildman–Crippen MR) is 108 cm³/mol. The van der Waals surface area contributed by atoms with Gasteiger partial charge in [0, 0.05) is 37.9 Å². The molecular weight excluding hydrogens is 387 g/mol.